The van der Waals surface area contributed by atoms with Gasteiger partial charge in [-0.2, -0.15) is 0 Å². The molecule has 1 aliphatic carbocycles. The Hall–Kier alpha value is -2.65. The van der Waals surface area contributed by atoms with Crippen molar-refractivity contribution >= 4 is 29.9 Å². The number of esters is 1. The van der Waals surface area contributed by atoms with Crippen LogP contribution in [0.3, 0.4) is 0 Å². The van der Waals surface area contributed by atoms with Gasteiger partial charge in [-0.15, -0.1) is 0 Å². The fraction of sp³-hybridized carbons (Fsp3) is 0.722. The van der Waals surface area contributed by atoms with Gasteiger partial charge in [-0.05, 0) is 37.5 Å². The average Bonchev–Trinajstić information content (AvgIpc) is 2.74. The zero-order valence-electron chi connectivity index (χ0n) is 16.6. The van der Waals surface area contributed by atoms with Crippen molar-refractivity contribution in [2.75, 3.05) is 19.8 Å². The molecule has 0 unspecified atom stereocenters. The number of rotatable bonds is 5. The normalized spacial score (nSPS) is 26.0. The molecule has 0 aromatic carbocycles. The first-order valence-corrected chi connectivity index (χ1v) is 9.24. The molecule has 10 nitrogen and oxygen atoms in total. The molecule has 5 amide bonds. The first-order valence-electron chi connectivity index (χ1n) is 9.24. The lowest BCUT2D eigenvalue weighted by Gasteiger charge is -2.43. The van der Waals surface area contributed by atoms with Crippen molar-refractivity contribution in [1.82, 2.24) is 15.5 Å². The van der Waals surface area contributed by atoms with Gasteiger partial charge in [0.2, 0.25) is 0 Å². The quantitative estimate of drug-likeness (QED) is 0.521. The van der Waals surface area contributed by atoms with Gasteiger partial charge in [-0.25, -0.2) is 9.59 Å². The van der Waals surface area contributed by atoms with Gasteiger partial charge < -0.3 is 14.8 Å². The summed E-state index contributed by atoms with van der Waals surface area (Å²) >= 11 is 0. The lowest BCUT2D eigenvalue weighted by atomic mass is 9.64. The number of hydrogen-bond acceptors (Lipinski definition) is 7. The summed E-state index contributed by atoms with van der Waals surface area (Å²) in [6.07, 6.45) is 0.987. The second-order valence-electron chi connectivity index (χ2n) is 8.19. The van der Waals surface area contributed by atoms with Crippen molar-refractivity contribution in [3.05, 3.63) is 0 Å². The maximum absolute atomic E-state index is 12.9. The fourth-order valence-corrected chi connectivity index (χ4v) is 4.29. The van der Waals surface area contributed by atoms with Crippen molar-refractivity contribution in [2.24, 2.45) is 11.3 Å². The highest BCUT2D eigenvalue weighted by Crippen LogP contribution is 2.46. The third-order valence-electron chi connectivity index (χ3n) is 4.79. The highest BCUT2D eigenvalue weighted by molar-refractivity contribution is 6.09. The van der Waals surface area contributed by atoms with E-state index >= 15 is 0 Å². The number of nitrogens with zero attached hydrogens (tertiary/aromatic N) is 1. The predicted molar refractivity (Wildman–Crippen MR) is 95.9 cm³/mol. The number of carbonyl (C=O) groups excluding carboxylic acids is 5. The monoisotopic (exact) mass is 397 g/mol. The average molecular weight is 397 g/mol. The summed E-state index contributed by atoms with van der Waals surface area (Å²) in [4.78, 5) is 60.6. The van der Waals surface area contributed by atoms with Crippen LogP contribution in [-0.2, 0) is 23.9 Å². The Kier molecular flexibility index (Phi) is 6.30. The maximum atomic E-state index is 12.9. The van der Waals surface area contributed by atoms with Crippen LogP contribution in [0.5, 0.6) is 0 Å². The smallest absolute Gasteiger partial charge is 0.413 e. The molecule has 1 heterocycles. The topological polar surface area (TPSA) is 131 Å². The van der Waals surface area contributed by atoms with Crippen LogP contribution in [-0.4, -0.2) is 60.1 Å². The van der Waals surface area contributed by atoms with Crippen LogP contribution in [0.4, 0.5) is 9.59 Å². The first kappa shape index (κ1) is 21.6. The fourth-order valence-electron chi connectivity index (χ4n) is 4.29. The molecule has 1 saturated carbocycles. The number of alkyl carbamates (subject to hydrolysis) is 1. The Morgan fingerprint density at radius 1 is 1.21 bits per heavy atom. The highest BCUT2D eigenvalue weighted by atomic mass is 16.6. The molecule has 2 N–H and O–H groups in total. The largest absolute Gasteiger partial charge is 0.454 e. The Morgan fingerprint density at radius 2 is 1.89 bits per heavy atom. The van der Waals surface area contributed by atoms with Crippen LogP contribution in [0.15, 0.2) is 0 Å². The first-order chi connectivity index (χ1) is 13.0. The van der Waals surface area contributed by atoms with E-state index in [0.29, 0.717) is 12.8 Å². The van der Waals surface area contributed by atoms with Crippen LogP contribution in [0.25, 0.3) is 0 Å². The van der Waals surface area contributed by atoms with Gasteiger partial charge >= 0.3 is 18.1 Å². The van der Waals surface area contributed by atoms with E-state index in [1.807, 2.05) is 26.1 Å². The zero-order valence-corrected chi connectivity index (χ0v) is 16.6. The summed E-state index contributed by atoms with van der Waals surface area (Å²) in [5, 5.41) is 4.63. The second-order valence-corrected chi connectivity index (χ2v) is 8.19. The summed E-state index contributed by atoms with van der Waals surface area (Å²) in [5.41, 5.74) is -1.14. The van der Waals surface area contributed by atoms with Crippen LogP contribution in [0.1, 0.15) is 47.0 Å². The van der Waals surface area contributed by atoms with Gasteiger partial charge in [-0.3, -0.25) is 24.6 Å². The molecule has 2 atom stereocenters. The number of urea groups is 1. The molecule has 0 radical (unpaired) electrons. The zero-order chi connectivity index (χ0) is 21.1. The molecule has 28 heavy (non-hydrogen) atoms. The summed E-state index contributed by atoms with van der Waals surface area (Å²) in [6.45, 7) is 6.45. The maximum Gasteiger partial charge on any atom is 0.413 e. The van der Waals surface area contributed by atoms with Gasteiger partial charge in [0.1, 0.15) is 12.1 Å². The van der Waals surface area contributed by atoms with Crippen molar-refractivity contribution in [3.8, 4) is 0 Å². The summed E-state index contributed by atoms with van der Waals surface area (Å²) in [6, 6.07) is -0.650. The second kappa shape index (κ2) is 8.15. The van der Waals surface area contributed by atoms with E-state index in [4.69, 9.17) is 4.74 Å². The van der Waals surface area contributed by atoms with E-state index in [0.717, 1.165) is 11.3 Å². The van der Waals surface area contributed by atoms with Crippen LogP contribution >= 0.6 is 0 Å². The number of hydrogen-bond donors (Lipinski definition) is 2. The van der Waals surface area contributed by atoms with Crippen LogP contribution < -0.4 is 10.6 Å². The Bertz CT molecular complexity index is 691. The molecule has 0 aromatic heterocycles. The minimum absolute atomic E-state index is 0.0856. The van der Waals surface area contributed by atoms with Crippen molar-refractivity contribution in [3.63, 3.8) is 0 Å². The minimum atomic E-state index is -1.01. The molecule has 2 aliphatic rings. The molecule has 1 aliphatic heterocycles. The van der Waals surface area contributed by atoms with E-state index in [1.54, 1.807) is 6.92 Å². The van der Waals surface area contributed by atoms with E-state index in [9.17, 15) is 24.0 Å². The molecule has 10 heteroatoms. The molecule has 1 saturated heterocycles. The summed E-state index contributed by atoms with van der Waals surface area (Å²) in [5.74, 6) is -2.01. The number of imide groups is 2. The van der Waals surface area contributed by atoms with Crippen LogP contribution in [0.2, 0.25) is 0 Å². The molecule has 156 valence electrons. The van der Waals surface area contributed by atoms with Gasteiger partial charge in [0.05, 0.1) is 6.61 Å². The Labute approximate surface area is 163 Å². The van der Waals surface area contributed by atoms with Gasteiger partial charge in [-0.1, -0.05) is 20.8 Å². The molecular formula is C18H27N3O7. The number of ether oxygens (including phenoxy) is 2. The molecular weight excluding hydrogens is 370 g/mol. The molecule has 0 bridgehead atoms. The van der Waals surface area contributed by atoms with Gasteiger partial charge in [0.25, 0.3) is 11.8 Å². The predicted octanol–water partition coefficient (Wildman–Crippen LogP) is 0.939. The van der Waals surface area contributed by atoms with E-state index in [1.165, 1.54) is 0 Å². The Balaban J connectivity index is 1.93. The van der Waals surface area contributed by atoms with Gasteiger partial charge in [0.15, 0.2) is 6.61 Å². The highest BCUT2D eigenvalue weighted by Gasteiger charge is 2.56. The summed E-state index contributed by atoms with van der Waals surface area (Å²) in [7, 11) is 0. The molecule has 2 fully saturated rings. The van der Waals surface area contributed by atoms with Crippen molar-refractivity contribution in [1.29, 1.82) is 0 Å². The SMILES string of the molecule is CCOC(=O)NC(=O)COC(=O)CN1C(=O)N[C@@]2(C[C@H](C)CC(C)(C)C2)C1=O. The lowest BCUT2D eigenvalue weighted by Crippen LogP contribution is -2.54. The van der Waals surface area contributed by atoms with Crippen LogP contribution in [0, 0.1) is 11.3 Å². The van der Waals surface area contributed by atoms with Crippen molar-refractivity contribution < 1.29 is 33.4 Å². The molecule has 0 aromatic rings. The van der Waals surface area contributed by atoms with Crippen molar-refractivity contribution in [2.45, 2.75) is 52.5 Å². The number of nitrogens with one attached hydrogen (secondary N) is 2. The van der Waals surface area contributed by atoms with E-state index in [2.05, 4.69) is 10.1 Å². The van der Waals surface area contributed by atoms with E-state index < -0.39 is 48.6 Å². The van der Waals surface area contributed by atoms with Gasteiger partial charge in [0, 0.05) is 0 Å². The summed E-state index contributed by atoms with van der Waals surface area (Å²) < 4.78 is 9.27. The molecule has 1 spiro atoms. The number of amides is 5. The van der Waals surface area contributed by atoms with E-state index in [-0.39, 0.29) is 17.9 Å². The third-order valence-corrected chi connectivity index (χ3v) is 4.79. The third kappa shape index (κ3) is 4.99. The minimum Gasteiger partial charge on any atom is -0.454 e. The number of carbonyl (C=O) groups is 5. The standard InChI is InChI=1S/C18H27N3O7/c1-5-27-16(26)19-12(22)9-28-13(23)8-21-14(24)18(20-15(21)25)7-11(2)6-17(3,4)10-18/h11H,5-10H2,1-4H3,(H,20,25)(H,19,22,26)/t11-,18-/m1/s1. The molecule has 2 rings (SSSR count). The lowest BCUT2D eigenvalue weighted by molar-refractivity contribution is -0.151. The Morgan fingerprint density at radius 3 is 2.50 bits per heavy atom.